The number of halogens is 1. The molecule has 1 aromatic heterocycles. The maximum Gasteiger partial charge on any atom is 0.135 e. The highest BCUT2D eigenvalue weighted by molar-refractivity contribution is 5.73. The average Bonchev–Trinajstić information content (AvgIpc) is 3.23. The number of hydrogen-bond donors (Lipinski definition) is 0. The van der Waals surface area contributed by atoms with Gasteiger partial charge in [0.2, 0.25) is 0 Å². The lowest BCUT2D eigenvalue weighted by atomic mass is 9.95. The second-order valence-electron chi connectivity index (χ2n) is 8.13. The predicted octanol–water partition coefficient (Wildman–Crippen LogP) is 3.72. The summed E-state index contributed by atoms with van der Waals surface area (Å²) in [4.78, 5) is 4.81. The Kier molecular flexibility index (Phi) is 7.04. The van der Waals surface area contributed by atoms with Crippen LogP contribution in [0.4, 0.5) is 4.39 Å². The van der Waals surface area contributed by atoms with Crippen LogP contribution in [-0.4, -0.2) is 60.0 Å². The fraction of sp³-hybridized carbons (Fsp3) is 0.478. The zero-order chi connectivity index (χ0) is 20.8. The summed E-state index contributed by atoms with van der Waals surface area (Å²) in [6.45, 7) is 6.19. The number of rotatable bonds is 9. The van der Waals surface area contributed by atoms with Gasteiger partial charge in [-0.1, -0.05) is 24.3 Å². The van der Waals surface area contributed by atoms with Gasteiger partial charge in [0.15, 0.2) is 0 Å². The quantitative estimate of drug-likeness (QED) is 0.534. The van der Waals surface area contributed by atoms with Gasteiger partial charge in [-0.3, -0.25) is 9.80 Å². The van der Waals surface area contributed by atoms with E-state index < -0.39 is 0 Å². The summed E-state index contributed by atoms with van der Waals surface area (Å²) in [5, 5.41) is 7.83. The van der Waals surface area contributed by atoms with Crippen molar-refractivity contribution in [2.45, 2.75) is 25.9 Å². The van der Waals surface area contributed by atoms with Gasteiger partial charge in [-0.25, -0.2) is 9.02 Å². The Bertz CT molecular complexity index is 940. The number of benzene rings is 2. The molecule has 30 heavy (non-hydrogen) atoms. The monoisotopic (exact) mass is 412 g/mol. The standard InChI is InChI=1S/C23H29FN4O2/c1-29-13-12-28(16-19-6-7-22-23(14-19)26-30-25-22)15-18-8-10-27(11-9-18)17-20-4-2-3-5-21(20)24/h2-7,14,18H,8-13,15-17H2,1H3. The van der Waals surface area contributed by atoms with Crippen molar-refractivity contribution < 1.29 is 13.8 Å². The van der Waals surface area contributed by atoms with Gasteiger partial charge in [0, 0.05) is 38.9 Å². The van der Waals surface area contributed by atoms with Crippen LogP contribution in [0.5, 0.6) is 0 Å². The molecule has 0 atom stereocenters. The first-order chi connectivity index (χ1) is 14.7. The maximum absolute atomic E-state index is 13.9. The second-order valence-corrected chi connectivity index (χ2v) is 8.13. The lowest BCUT2D eigenvalue weighted by Crippen LogP contribution is -2.39. The summed E-state index contributed by atoms with van der Waals surface area (Å²) in [7, 11) is 1.74. The van der Waals surface area contributed by atoms with Gasteiger partial charge in [-0.15, -0.1) is 0 Å². The van der Waals surface area contributed by atoms with Crippen molar-refractivity contribution in [3.05, 3.63) is 59.4 Å². The Morgan fingerprint density at radius 3 is 2.73 bits per heavy atom. The molecule has 0 spiro atoms. The van der Waals surface area contributed by atoms with Gasteiger partial charge in [0.25, 0.3) is 0 Å². The molecule has 0 radical (unpaired) electrons. The number of nitrogens with zero attached hydrogens (tertiary/aromatic N) is 4. The third-order valence-electron chi connectivity index (χ3n) is 5.91. The SMILES string of the molecule is COCCN(Cc1ccc2nonc2c1)CC1CCN(Cc2ccccc2F)CC1. The Balaban J connectivity index is 1.31. The molecule has 0 amide bonds. The zero-order valence-electron chi connectivity index (χ0n) is 17.5. The van der Waals surface area contributed by atoms with Crippen LogP contribution in [0.3, 0.4) is 0 Å². The smallest absolute Gasteiger partial charge is 0.135 e. The third-order valence-corrected chi connectivity index (χ3v) is 5.91. The van der Waals surface area contributed by atoms with Crippen molar-refractivity contribution in [2.75, 3.05) is 39.9 Å². The molecule has 3 aromatic rings. The molecule has 0 unspecified atom stereocenters. The Morgan fingerprint density at radius 2 is 1.93 bits per heavy atom. The molecule has 2 heterocycles. The molecule has 6 nitrogen and oxygen atoms in total. The summed E-state index contributed by atoms with van der Waals surface area (Å²) < 4.78 is 24.1. The lowest BCUT2D eigenvalue weighted by Gasteiger charge is -2.35. The predicted molar refractivity (Wildman–Crippen MR) is 113 cm³/mol. The van der Waals surface area contributed by atoms with Gasteiger partial charge in [0.05, 0.1) is 6.61 Å². The van der Waals surface area contributed by atoms with Crippen LogP contribution < -0.4 is 0 Å². The van der Waals surface area contributed by atoms with Crippen molar-refractivity contribution in [3.8, 4) is 0 Å². The largest absolute Gasteiger partial charge is 0.383 e. The van der Waals surface area contributed by atoms with E-state index in [-0.39, 0.29) is 5.82 Å². The minimum absolute atomic E-state index is 0.107. The summed E-state index contributed by atoms with van der Waals surface area (Å²) in [6, 6.07) is 13.2. The maximum atomic E-state index is 13.9. The Hall–Kier alpha value is -2.35. The zero-order valence-corrected chi connectivity index (χ0v) is 17.5. The van der Waals surface area contributed by atoms with Crippen molar-refractivity contribution in [1.82, 2.24) is 20.1 Å². The van der Waals surface area contributed by atoms with Gasteiger partial charge in [-0.2, -0.15) is 0 Å². The molecule has 4 rings (SSSR count). The molecule has 0 N–H and O–H groups in total. The van der Waals surface area contributed by atoms with E-state index in [9.17, 15) is 4.39 Å². The highest BCUT2D eigenvalue weighted by Crippen LogP contribution is 2.22. The molecule has 7 heteroatoms. The summed E-state index contributed by atoms with van der Waals surface area (Å²) in [6.07, 6.45) is 2.26. The van der Waals surface area contributed by atoms with E-state index in [1.807, 2.05) is 24.3 Å². The first-order valence-corrected chi connectivity index (χ1v) is 10.6. The molecular formula is C23H29FN4O2. The van der Waals surface area contributed by atoms with E-state index in [2.05, 4.69) is 26.2 Å². The van der Waals surface area contributed by atoms with E-state index in [0.717, 1.165) is 62.2 Å². The van der Waals surface area contributed by atoms with Gasteiger partial charge in [-0.05, 0) is 65.9 Å². The first kappa shape index (κ1) is 20.9. The summed E-state index contributed by atoms with van der Waals surface area (Å²) >= 11 is 0. The molecule has 160 valence electrons. The summed E-state index contributed by atoms with van der Waals surface area (Å²) in [5.74, 6) is 0.529. The van der Waals surface area contributed by atoms with E-state index >= 15 is 0 Å². The van der Waals surface area contributed by atoms with Crippen LogP contribution in [0.15, 0.2) is 47.1 Å². The van der Waals surface area contributed by atoms with Gasteiger partial charge < -0.3 is 4.74 Å². The number of aromatic nitrogens is 2. The van der Waals surface area contributed by atoms with Crippen LogP contribution >= 0.6 is 0 Å². The fourth-order valence-electron chi connectivity index (χ4n) is 4.20. The normalized spacial score (nSPS) is 16.0. The number of hydrogen-bond acceptors (Lipinski definition) is 6. The number of likely N-dealkylation sites (tertiary alicyclic amines) is 1. The molecule has 2 aromatic carbocycles. The Labute approximate surface area is 176 Å². The number of fused-ring (bicyclic) bond motifs is 1. The average molecular weight is 413 g/mol. The van der Waals surface area contributed by atoms with E-state index in [0.29, 0.717) is 19.1 Å². The minimum Gasteiger partial charge on any atom is -0.383 e. The highest BCUT2D eigenvalue weighted by atomic mass is 19.1. The number of methoxy groups -OCH3 is 1. The van der Waals surface area contributed by atoms with E-state index in [4.69, 9.17) is 9.37 Å². The molecule has 0 saturated carbocycles. The topological polar surface area (TPSA) is 54.6 Å². The van der Waals surface area contributed by atoms with Gasteiger partial charge >= 0.3 is 0 Å². The van der Waals surface area contributed by atoms with Crippen LogP contribution in [-0.2, 0) is 17.8 Å². The molecular weight excluding hydrogens is 383 g/mol. The minimum atomic E-state index is -0.107. The summed E-state index contributed by atoms with van der Waals surface area (Å²) in [5.41, 5.74) is 3.56. The first-order valence-electron chi connectivity index (χ1n) is 10.6. The number of piperidine rings is 1. The van der Waals surface area contributed by atoms with Crippen LogP contribution in [0.1, 0.15) is 24.0 Å². The molecule has 1 fully saturated rings. The molecule has 1 saturated heterocycles. The van der Waals surface area contributed by atoms with Crippen molar-refractivity contribution >= 4 is 11.0 Å². The van der Waals surface area contributed by atoms with Crippen molar-refractivity contribution in [3.63, 3.8) is 0 Å². The highest BCUT2D eigenvalue weighted by Gasteiger charge is 2.22. The lowest BCUT2D eigenvalue weighted by molar-refractivity contribution is 0.106. The number of ether oxygens (including phenoxy) is 1. The van der Waals surface area contributed by atoms with Crippen LogP contribution in [0, 0.1) is 11.7 Å². The fourth-order valence-corrected chi connectivity index (χ4v) is 4.20. The van der Waals surface area contributed by atoms with Crippen LogP contribution in [0.25, 0.3) is 11.0 Å². The molecule has 1 aliphatic rings. The van der Waals surface area contributed by atoms with Crippen molar-refractivity contribution in [1.29, 1.82) is 0 Å². The molecule has 1 aliphatic heterocycles. The second kappa shape index (κ2) is 10.1. The molecule has 0 aliphatic carbocycles. The van der Waals surface area contributed by atoms with Crippen molar-refractivity contribution in [2.24, 2.45) is 5.92 Å². The van der Waals surface area contributed by atoms with Gasteiger partial charge in [0.1, 0.15) is 16.9 Å². The van der Waals surface area contributed by atoms with E-state index in [1.54, 1.807) is 19.2 Å². The molecule has 0 bridgehead atoms. The third kappa shape index (κ3) is 5.41. The van der Waals surface area contributed by atoms with E-state index in [1.165, 1.54) is 5.56 Å². The Morgan fingerprint density at radius 1 is 1.13 bits per heavy atom. The van der Waals surface area contributed by atoms with Crippen LogP contribution in [0.2, 0.25) is 0 Å².